The van der Waals surface area contributed by atoms with E-state index in [1.165, 1.54) is 16.8 Å². The number of thiazole rings is 1. The van der Waals surface area contributed by atoms with E-state index in [4.69, 9.17) is 0 Å². The first-order valence-electron chi connectivity index (χ1n) is 9.38. The van der Waals surface area contributed by atoms with Crippen molar-refractivity contribution in [3.63, 3.8) is 0 Å². The average molecular weight is 438 g/mol. The van der Waals surface area contributed by atoms with E-state index in [0.717, 1.165) is 42.0 Å². The van der Waals surface area contributed by atoms with Crippen molar-refractivity contribution in [3.05, 3.63) is 62.0 Å². The van der Waals surface area contributed by atoms with E-state index in [2.05, 4.69) is 15.4 Å². The van der Waals surface area contributed by atoms with E-state index >= 15 is 0 Å². The number of amides is 1. The van der Waals surface area contributed by atoms with E-state index in [1.807, 2.05) is 13.8 Å². The number of aromatic nitrogens is 3. The quantitative estimate of drug-likeness (QED) is 0.577. The molecule has 2 heterocycles. The summed E-state index contributed by atoms with van der Waals surface area (Å²) in [5.74, 6) is -0.585. The predicted octanol–water partition coefficient (Wildman–Crippen LogP) is 4.85. The number of hydrogen-bond donors (Lipinski definition) is 2. The number of hydrogen-bond acceptors (Lipinski definition) is 4. The SMILES string of the molecule is CCCCc1c(C)[nH]n(-c2nc(C)c(C(=O)Nc3cccc(C(F)(F)F)c3)s2)c1=O. The summed E-state index contributed by atoms with van der Waals surface area (Å²) in [7, 11) is 0. The van der Waals surface area contributed by atoms with Crippen molar-refractivity contribution in [2.45, 2.75) is 46.2 Å². The zero-order chi connectivity index (χ0) is 22.1. The van der Waals surface area contributed by atoms with Crippen LogP contribution in [0.25, 0.3) is 5.13 Å². The van der Waals surface area contributed by atoms with Crippen LogP contribution in [0.2, 0.25) is 0 Å². The zero-order valence-corrected chi connectivity index (χ0v) is 17.5. The molecule has 0 aliphatic carbocycles. The Kier molecular flexibility index (Phi) is 6.16. The summed E-state index contributed by atoms with van der Waals surface area (Å²) in [6.07, 6.45) is -2.01. The summed E-state index contributed by atoms with van der Waals surface area (Å²) in [4.78, 5) is 29.8. The lowest BCUT2D eigenvalue weighted by Crippen LogP contribution is -2.17. The maximum absolute atomic E-state index is 12.9. The Labute approximate surface area is 174 Å². The number of nitrogens with zero attached hydrogens (tertiary/aromatic N) is 2. The van der Waals surface area contributed by atoms with Gasteiger partial charge in [-0.2, -0.15) is 17.9 Å². The fourth-order valence-corrected chi connectivity index (χ4v) is 3.94. The normalized spacial score (nSPS) is 11.7. The first kappa shape index (κ1) is 21.8. The number of anilines is 1. The molecule has 1 aromatic carbocycles. The highest BCUT2D eigenvalue weighted by atomic mass is 32.1. The molecule has 0 saturated heterocycles. The van der Waals surface area contributed by atoms with Crippen LogP contribution in [0.3, 0.4) is 0 Å². The van der Waals surface area contributed by atoms with E-state index in [-0.39, 0.29) is 16.1 Å². The highest BCUT2D eigenvalue weighted by molar-refractivity contribution is 7.16. The van der Waals surface area contributed by atoms with Crippen LogP contribution in [-0.4, -0.2) is 20.7 Å². The van der Waals surface area contributed by atoms with Gasteiger partial charge in [0.25, 0.3) is 11.5 Å². The number of aromatic amines is 1. The van der Waals surface area contributed by atoms with Crippen molar-refractivity contribution < 1.29 is 18.0 Å². The highest BCUT2D eigenvalue weighted by Crippen LogP contribution is 2.31. The minimum Gasteiger partial charge on any atom is -0.321 e. The van der Waals surface area contributed by atoms with Gasteiger partial charge in [0.2, 0.25) is 5.13 Å². The predicted molar refractivity (Wildman–Crippen MR) is 110 cm³/mol. The van der Waals surface area contributed by atoms with Crippen LogP contribution in [0.1, 0.15) is 52.0 Å². The molecular weight excluding hydrogens is 417 g/mol. The Balaban J connectivity index is 1.87. The number of benzene rings is 1. The Bertz CT molecular complexity index is 1130. The third kappa shape index (κ3) is 4.48. The second kappa shape index (κ2) is 8.47. The lowest BCUT2D eigenvalue weighted by Gasteiger charge is -2.09. The lowest BCUT2D eigenvalue weighted by molar-refractivity contribution is -0.137. The van der Waals surface area contributed by atoms with Crippen LogP contribution in [-0.2, 0) is 12.6 Å². The van der Waals surface area contributed by atoms with Crippen molar-refractivity contribution in [2.75, 3.05) is 5.32 Å². The van der Waals surface area contributed by atoms with Crippen LogP contribution in [0, 0.1) is 13.8 Å². The molecule has 0 bridgehead atoms. The van der Waals surface area contributed by atoms with Crippen molar-refractivity contribution >= 4 is 22.9 Å². The minimum atomic E-state index is -4.50. The van der Waals surface area contributed by atoms with E-state index in [1.54, 1.807) is 6.92 Å². The van der Waals surface area contributed by atoms with Gasteiger partial charge >= 0.3 is 6.18 Å². The summed E-state index contributed by atoms with van der Waals surface area (Å²) >= 11 is 0.996. The average Bonchev–Trinajstić information content (AvgIpc) is 3.19. The molecule has 0 unspecified atom stereocenters. The first-order valence-corrected chi connectivity index (χ1v) is 10.2. The standard InChI is InChI=1S/C20H21F3N4O2S/c1-4-5-9-15-11(2)26-27(18(15)29)19-24-12(3)16(30-19)17(28)25-14-8-6-7-13(10-14)20(21,22)23/h6-8,10,26H,4-5,9H2,1-3H3,(H,25,28). The number of carbonyl (C=O) groups is 1. The molecular formula is C20H21F3N4O2S. The molecule has 1 amide bonds. The molecule has 2 N–H and O–H groups in total. The Morgan fingerprint density at radius 1 is 1.30 bits per heavy atom. The number of rotatable bonds is 6. The molecule has 30 heavy (non-hydrogen) atoms. The number of halogens is 3. The number of carbonyl (C=O) groups excluding carboxylic acids is 1. The molecule has 160 valence electrons. The van der Waals surface area contributed by atoms with Gasteiger partial charge in [-0.3, -0.25) is 14.7 Å². The van der Waals surface area contributed by atoms with Gasteiger partial charge in [0.05, 0.1) is 11.3 Å². The molecule has 3 rings (SSSR count). The third-order valence-corrected chi connectivity index (χ3v) is 5.75. The molecule has 0 fully saturated rings. The summed E-state index contributed by atoms with van der Waals surface area (Å²) in [5.41, 5.74) is 0.776. The van der Waals surface area contributed by atoms with Crippen LogP contribution in [0.5, 0.6) is 0 Å². The number of H-pyrrole nitrogens is 1. The first-order chi connectivity index (χ1) is 14.1. The fourth-order valence-electron chi connectivity index (χ4n) is 3.01. The molecule has 2 aromatic heterocycles. The van der Waals surface area contributed by atoms with Crippen molar-refractivity contribution in [1.82, 2.24) is 14.8 Å². The summed E-state index contributed by atoms with van der Waals surface area (Å²) < 4.78 is 39.9. The summed E-state index contributed by atoms with van der Waals surface area (Å²) in [6.45, 7) is 5.46. The molecule has 0 saturated carbocycles. The monoisotopic (exact) mass is 438 g/mol. The van der Waals surface area contributed by atoms with Gasteiger partial charge in [-0.05, 0) is 44.9 Å². The number of alkyl halides is 3. The largest absolute Gasteiger partial charge is 0.416 e. The van der Waals surface area contributed by atoms with E-state index in [0.29, 0.717) is 22.8 Å². The Morgan fingerprint density at radius 3 is 2.70 bits per heavy atom. The second-order valence-electron chi connectivity index (χ2n) is 6.90. The molecule has 0 aliphatic rings. The number of unbranched alkanes of at least 4 members (excludes halogenated alkanes) is 1. The smallest absolute Gasteiger partial charge is 0.321 e. The van der Waals surface area contributed by atoms with Gasteiger partial charge in [0.15, 0.2) is 0 Å². The molecule has 0 aliphatic heterocycles. The molecule has 10 heteroatoms. The molecule has 0 spiro atoms. The molecule has 3 aromatic rings. The maximum Gasteiger partial charge on any atom is 0.416 e. The topological polar surface area (TPSA) is 79.8 Å². The number of nitrogens with one attached hydrogen (secondary N) is 2. The van der Waals surface area contributed by atoms with Crippen molar-refractivity contribution in [3.8, 4) is 5.13 Å². The number of aryl methyl sites for hydroxylation is 2. The highest BCUT2D eigenvalue weighted by Gasteiger charge is 2.30. The summed E-state index contributed by atoms with van der Waals surface area (Å²) in [6, 6.07) is 4.40. The van der Waals surface area contributed by atoms with E-state index in [9.17, 15) is 22.8 Å². The van der Waals surface area contributed by atoms with Crippen molar-refractivity contribution in [1.29, 1.82) is 0 Å². The van der Waals surface area contributed by atoms with Crippen LogP contribution < -0.4 is 10.9 Å². The van der Waals surface area contributed by atoms with Gasteiger partial charge in [-0.25, -0.2) is 4.98 Å². The van der Waals surface area contributed by atoms with Gasteiger partial charge in [-0.1, -0.05) is 30.7 Å². The Morgan fingerprint density at radius 2 is 2.03 bits per heavy atom. The van der Waals surface area contributed by atoms with Crippen LogP contribution >= 0.6 is 11.3 Å². The molecule has 0 atom stereocenters. The van der Waals surface area contributed by atoms with Gasteiger partial charge in [0, 0.05) is 16.9 Å². The van der Waals surface area contributed by atoms with E-state index < -0.39 is 17.6 Å². The second-order valence-corrected chi connectivity index (χ2v) is 7.88. The van der Waals surface area contributed by atoms with Crippen molar-refractivity contribution in [2.24, 2.45) is 0 Å². The minimum absolute atomic E-state index is 0.0268. The van der Waals surface area contributed by atoms with Crippen LogP contribution in [0.15, 0.2) is 29.1 Å². The van der Waals surface area contributed by atoms with Crippen LogP contribution in [0.4, 0.5) is 18.9 Å². The maximum atomic E-state index is 12.9. The fraction of sp³-hybridized carbons (Fsp3) is 0.350. The molecule has 6 nitrogen and oxygen atoms in total. The Hall–Kier alpha value is -2.88. The molecule has 0 radical (unpaired) electrons. The van der Waals surface area contributed by atoms with Gasteiger partial charge < -0.3 is 5.32 Å². The van der Waals surface area contributed by atoms with Gasteiger partial charge in [-0.15, -0.1) is 0 Å². The summed E-state index contributed by atoms with van der Waals surface area (Å²) in [5, 5.41) is 5.76. The zero-order valence-electron chi connectivity index (χ0n) is 16.7. The van der Waals surface area contributed by atoms with Gasteiger partial charge in [0.1, 0.15) is 4.88 Å². The third-order valence-electron chi connectivity index (χ3n) is 4.60. The lowest BCUT2D eigenvalue weighted by atomic mass is 10.1.